The van der Waals surface area contributed by atoms with E-state index in [0.717, 1.165) is 17.9 Å². The number of amides is 1. The van der Waals surface area contributed by atoms with E-state index in [2.05, 4.69) is 5.32 Å². The van der Waals surface area contributed by atoms with Crippen LogP contribution in [-0.2, 0) is 27.4 Å². The molecule has 0 bridgehead atoms. The minimum Gasteiger partial charge on any atom is -0.502 e. The van der Waals surface area contributed by atoms with Crippen molar-refractivity contribution in [3.63, 3.8) is 0 Å². The highest BCUT2D eigenvalue weighted by Crippen LogP contribution is 2.05. The molecule has 0 aliphatic heterocycles. The van der Waals surface area contributed by atoms with Crippen molar-refractivity contribution in [1.82, 2.24) is 5.32 Å². The van der Waals surface area contributed by atoms with Gasteiger partial charge in [-0.2, -0.15) is 0 Å². The Morgan fingerprint density at radius 3 is 2.68 bits per heavy atom. The molecule has 1 atom stereocenters. The molecule has 0 aliphatic rings. The molecule has 4 N–H and O–H groups in total. The van der Waals surface area contributed by atoms with Gasteiger partial charge in [0.1, 0.15) is 25.2 Å². The highest BCUT2D eigenvalue weighted by Gasteiger charge is 2.15. The van der Waals surface area contributed by atoms with Gasteiger partial charge < -0.3 is 25.3 Å². The Kier molecular flexibility index (Phi) is 6.30. The summed E-state index contributed by atoms with van der Waals surface area (Å²) in [4.78, 5) is 34.7. The van der Waals surface area contributed by atoms with Crippen molar-refractivity contribution in [2.75, 3.05) is 6.54 Å². The smallest absolute Gasteiger partial charge is 0.325 e. The maximum atomic E-state index is 11.9. The van der Waals surface area contributed by atoms with Gasteiger partial charge in [-0.3, -0.25) is 14.4 Å². The predicted molar refractivity (Wildman–Crippen MR) is 87.6 cm³/mol. The zero-order valence-electron chi connectivity index (χ0n) is 13.3. The molecule has 2 aromatic rings. The van der Waals surface area contributed by atoms with Crippen LogP contribution in [0.5, 0.6) is 5.75 Å². The number of aromatic hydroxyl groups is 1. The molecule has 0 saturated carbocycles. The first-order valence-corrected chi connectivity index (χ1v) is 7.49. The van der Waals surface area contributed by atoms with E-state index < -0.39 is 29.1 Å². The van der Waals surface area contributed by atoms with E-state index in [0.29, 0.717) is 6.42 Å². The molecule has 8 heteroatoms. The van der Waals surface area contributed by atoms with Gasteiger partial charge in [-0.1, -0.05) is 30.3 Å². The molecule has 0 fully saturated rings. The fourth-order valence-electron chi connectivity index (χ4n) is 1.97. The molecular formula is C17H18N2O6. The maximum absolute atomic E-state index is 11.9. The Balaban J connectivity index is 1.74. The van der Waals surface area contributed by atoms with Gasteiger partial charge in [-0.05, 0) is 12.0 Å². The third-order valence-corrected chi connectivity index (χ3v) is 3.28. The molecule has 1 amide bonds. The summed E-state index contributed by atoms with van der Waals surface area (Å²) in [5.74, 6) is -1.65. The third-order valence-electron chi connectivity index (χ3n) is 3.28. The first-order chi connectivity index (χ1) is 12.0. The second-order valence-corrected chi connectivity index (χ2v) is 5.27. The number of rotatable bonds is 7. The van der Waals surface area contributed by atoms with Crippen molar-refractivity contribution < 1.29 is 23.8 Å². The summed E-state index contributed by atoms with van der Waals surface area (Å²) in [7, 11) is 0. The summed E-state index contributed by atoms with van der Waals surface area (Å²) in [6.45, 7) is -0.649. The van der Waals surface area contributed by atoms with Crippen molar-refractivity contribution in [2.24, 2.45) is 5.73 Å². The normalized spacial score (nSPS) is 11.6. The first kappa shape index (κ1) is 18.2. The molecule has 1 heterocycles. The summed E-state index contributed by atoms with van der Waals surface area (Å²) >= 11 is 0. The Labute approximate surface area is 143 Å². The first-order valence-electron chi connectivity index (χ1n) is 7.49. The number of hydrogen-bond donors (Lipinski definition) is 3. The molecule has 0 saturated heterocycles. The lowest BCUT2D eigenvalue weighted by Crippen LogP contribution is -2.44. The third kappa shape index (κ3) is 5.78. The Bertz CT molecular complexity index is 787. The average molecular weight is 346 g/mol. The van der Waals surface area contributed by atoms with Crippen LogP contribution >= 0.6 is 0 Å². The SMILES string of the molecule is N[C@@H](Cc1ccccc1)C(=O)NCC(=O)OCc1cc(=O)c(O)co1. The van der Waals surface area contributed by atoms with Crippen LogP contribution in [0.1, 0.15) is 11.3 Å². The highest BCUT2D eigenvalue weighted by molar-refractivity contribution is 5.85. The molecule has 132 valence electrons. The summed E-state index contributed by atoms with van der Waals surface area (Å²) in [5, 5.41) is 11.4. The number of carbonyl (C=O) groups excluding carboxylic acids is 2. The van der Waals surface area contributed by atoms with Crippen molar-refractivity contribution in [2.45, 2.75) is 19.1 Å². The van der Waals surface area contributed by atoms with E-state index in [-0.39, 0.29) is 18.9 Å². The minimum atomic E-state index is -0.787. The summed E-state index contributed by atoms with van der Waals surface area (Å²) < 4.78 is 9.75. The number of nitrogens with two attached hydrogens (primary N) is 1. The standard InChI is InChI=1S/C17H18N2O6/c18-13(6-11-4-2-1-3-5-11)17(23)19-8-16(22)25-9-12-7-14(20)15(21)10-24-12/h1-5,7,10,13,21H,6,8-9,18H2,(H,19,23)/t13-/m0/s1. The van der Waals surface area contributed by atoms with Crippen LogP contribution in [0.3, 0.4) is 0 Å². The summed E-state index contributed by atoms with van der Waals surface area (Å²) in [5.41, 5.74) is 6.06. The second-order valence-electron chi connectivity index (χ2n) is 5.27. The van der Waals surface area contributed by atoms with Gasteiger partial charge in [0.15, 0.2) is 5.75 Å². The number of hydrogen-bond acceptors (Lipinski definition) is 7. The van der Waals surface area contributed by atoms with Crippen LogP contribution in [0.25, 0.3) is 0 Å². The van der Waals surface area contributed by atoms with Crippen molar-refractivity contribution in [1.29, 1.82) is 0 Å². The molecule has 0 radical (unpaired) electrons. The van der Waals surface area contributed by atoms with Crippen LogP contribution < -0.4 is 16.5 Å². The lowest BCUT2D eigenvalue weighted by Gasteiger charge is -2.12. The van der Waals surface area contributed by atoms with Crippen molar-refractivity contribution >= 4 is 11.9 Å². The highest BCUT2D eigenvalue weighted by atomic mass is 16.5. The van der Waals surface area contributed by atoms with Gasteiger partial charge in [0.25, 0.3) is 0 Å². The number of nitrogens with one attached hydrogen (secondary N) is 1. The molecule has 1 aromatic carbocycles. The van der Waals surface area contributed by atoms with Gasteiger partial charge in [0.05, 0.1) is 6.04 Å². The van der Waals surface area contributed by atoms with Crippen LogP contribution in [0.2, 0.25) is 0 Å². The Morgan fingerprint density at radius 1 is 1.28 bits per heavy atom. The van der Waals surface area contributed by atoms with Crippen LogP contribution in [0.15, 0.2) is 51.9 Å². The van der Waals surface area contributed by atoms with Crippen molar-refractivity contribution in [3.05, 3.63) is 64.2 Å². The second kappa shape index (κ2) is 8.65. The Morgan fingerprint density at radius 2 is 2.00 bits per heavy atom. The fourth-order valence-corrected chi connectivity index (χ4v) is 1.97. The van der Waals surface area contributed by atoms with Crippen molar-refractivity contribution in [3.8, 4) is 5.75 Å². The molecule has 0 aliphatic carbocycles. The molecule has 8 nitrogen and oxygen atoms in total. The fraction of sp³-hybridized carbons (Fsp3) is 0.235. The number of carbonyl (C=O) groups is 2. The topological polar surface area (TPSA) is 132 Å². The van der Waals surface area contributed by atoms with E-state index in [4.69, 9.17) is 20.0 Å². The molecule has 2 rings (SSSR count). The van der Waals surface area contributed by atoms with E-state index >= 15 is 0 Å². The Hall–Kier alpha value is -3.13. The maximum Gasteiger partial charge on any atom is 0.325 e. The molecule has 1 aromatic heterocycles. The number of ether oxygens (including phenoxy) is 1. The summed E-state index contributed by atoms with van der Waals surface area (Å²) in [6, 6.07) is 9.49. The van der Waals surface area contributed by atoms with Gasteiger partial charge in [0, 0.05) is 6.07 Å². The lowest BCUT2D eigenvalue weighted by atomic mass is 10.1. The van der Waals surface area contributed by atoms with E-state index in [1.165, 1.54) is 0 Å². The zero-order valence-corrected chi connectivity index (χ0v) is 13.3. The monoisotopic (exact) mass is 346 g/mol. The minimum absolute atomic E-state index is 0.0725. The number of esters is 1. The zero-order chi connectivity index (χ0) is 18.2. The van der Waals surface area contributed by atoms with Crippen LogP contribution in [-0.4, -0.2) is 29.6 Å². The number of benzene rings is 1. The van der Waals surface area contributed by atoms with Gasteiger partial charge >= 0.3 is 5.97 Å². The molecule has 0 unspecified atom stereocenters. The molecule has 25 heavy (non-hydrogen) atoms. The molecule has 0 spiro atoms. The van der Waals surface area contributed by atoms with Crippen LogP contribution in [0, 0.1) is 0 Å². The average Bonchev–Trinajstić information content (AvgIpc) is 2.61. The van der Waals surface area contributed by atoms with E-state index in [9.17, 15) is 14.4 Å². The summed E-state index contributed by atoms with van der Waals surface area (Å²) in [6.07, 6.45) is 1.20. The predicted octanol–water partition coefficient (Wildman–Crippen LogP) is 0.0748. The molecular weight excluding hydrogens is 328 g/mol. The van der Waals surface area contributed by atoms with E-state index in [1.54, 1.807) is 0 Å². The van der Waals surface area contributed by atoms with Gasteiger partial charge in [-0.25, -0.2) is 0 Å². The quantitative estimate of drug-likeness (QED) is 0.605. The lowest BCUT2D eigenvalue weighted by molar-refractivity contribution is -0.145. The van der Waals surface area contributed by atoms with Gasteiger partial charge in [-0.15, -0.1) is 0 Å². The largest absolute Gasteiger partial charge is 0.502 e. The van der Waals surface area contributed by atoms with Gasteiger partial charge in [0.2, 0.25) is 11.3 Å². The van der Waals surface area contributed by atoms with E-state index in [1.807, 2.05) is 30.3 Å². The van der Waals surface area contributed by atoms with Crippen LogP contribution in [0.4, 0.5) is 0 Å².